The Balaban J connectivity index is 1.70. The zero-order valence-corrected chi connectivity index (χ0v) is 18.3. The quantitative estimate of drug-likeness (QED) is 0.215. The smallest absolute Gasteiger partial charge is 0.343 e. The summed E-state index contributed by atoms with van der Waals surface area (Å²) in [6, 6.07) is 19.5. The van der Waals surface area contributed by atoms with Crippen LogP contribution in [-0.4, -0.2) is 19.0 Å². The summed E-state index contributed by atoms with van der Waals surface area (Å²) >= 11 is 12.1. The highest BCUT2D eigenvalue weighted by Gasteiger charge is 2.14. The number of para-hydroxylation sites is 1. The number of rotatable bonds is 6. The van der Waals surface area contributed by atoms with Crippen LogP contribution in [0.3, 0.4) is 0 Å². The van der Waals surface area contributed by atoms with Crippen molar-refractivity contribution in [3.63, 3.8) is 0 Å². The van der Waals surface area contributed by atoms with Crippen molar-refractivity contribution in [1.29, 1.82) is 5.26 Å². The van der Waals surface area contributed by atoms with Crippen LogP contribution in [0.25, 0.3) is 6.08 Å². The number of nitrogens with zero attached hydrogens (tertiary/aromatic N) is 1. The molecule has 1 amide bonds. The number of hydrogen-bond donors (Lipinski definition) is 1. The molecule has 0 saturated heterocycles. The number of ether oxygens (including phenoxy) is 2. The molecule has 0 aliphatic carbocycles. The van der Waals surface area contributed by atoms with Gasteiger partial charge in [0.2, 0.25) is 0 Å². The highest BCUT2D eigenvalue weighted by molar-refractivity contribution is 6.40. The Bertz CT molecular complexity index is 1190. The maximum Gasteiger partial charge on any atom is 0.343 e. The first kappa shape index (κ1) is 22.9. The zero-order chi connectivity index (χ0) is 23.1. The third-order valence-electron chi connectivity index (χ3n) is 4.29. The minimum absolute atomic E-state index is 0.149. The van der Waals surface area contributed by atoms with E-state index in [1.807, 2.05) is 6.07 Å². The lowest BCUT2D eigenvalue weighted by molar-refractivity contribution is -0.112. The van der Waals surface area contributed by atoms with Gasteiger partial charge in [0.1, 0.15) is 23.1 Å². The van der Waals surface area contributed by atoms with Gasteiger partial charge >= 0.3 is 5.97 Å². The third-order valence-corrected chi connectivity index (χ3v) is 4.92. The second kappa shape index (κ2) is 10.5. The Hall–Kier alpha value is -3.79. The molecule has 0 saturated carbocycles. The van der Waals surface area contributed by atoms with Crippen molar-refractivity contribution in [1.82, 2.24) is 0 Å². The highest BCUT2D eigenvalue weighted by Crippen LogP contribution is 2.30. The maximum atomic E-state index is 12.5. The lowest BCUT2D eigenvalue weighted by Crippen LogP contribution is -2.14. The van der Waals surface area contributed by atoms with Gasteiger partial charge in [-0.15, -0.1) is 0 Å². The molecule has 0 aromatic heterocycles. The van der Waals surface area contributed by atoms with E-state index in [1.54, 1.807) is 66.7 Å². The van der Waals surface area contributed by atoms with Crippen molar-refractivity contribution >= 4 is 46.8 Å². The molecule has 6 nitrogen and oxygen atoms in total. The number of nitriles is 1. The summed E-state index contributed by atoms with van der Waals surface area (Å²) in [7, 11) is 1.54. The monoisotopic (exact) mass is 466 g/mol. The molecule has 3 aromatic rings. The minimum atomic E-state index is -0.655. The Morgan fingerprint density at radius 1 is 0.938 bits per heavy atom. The number of carbonyl (C=O) groups is 2. The molecule has 8 heteroatoms. The zero-order valence-electron chi connectivity index (χ0n) is 16.8. The van der Waals surface area contributed by atoms with Gasteiger partial charge in [0, 0.05) is 0 Å². The van der Waals surface area contributed by atoms with Crippen molar-refractivity contribution in [2.75, 3.05) is 12.4 Å². The number of esters is 1. The van der Waals surface area contributed by atoms with E-state index in [0.717, 1.165) is 0 Å². The molecule has 3 aromatic carbocycles. The molecule has 0 heterocycles. The van der Waals surface area contributed by atoms with Crippen molar-refractivity contribution in [3.05, 3.63) is 93.5 Å². The Kier molecular flexibility index (Phi) is 7.50. The number of amides is 1. The first-order valence-corrected chi connectivity index (χ1v) is 10.0. The van der Waals surface area contributed by atoms with Crippen LogP contribution in [0, 0.1) is 11.3 Å². The Morgan fingerprint density at radius 2 is 1.53 bits per heavy atom. The van der Waals surface area contributed by atoms with E-state index in [2.05, 4.69) is 5.32 Å². The van der Waals surface area contributed by atoms with Gasteiger partial charge in [-0.25, -0.2) is 4.79 Å². The fourth-order valence-electron chi connectivity index (χ4n) is 2.64. The lowest BCUT2D eigenvalue weighted by atomic mass is 10.1. The second-order valence-corrected chi connectivity index (χ2v) is 7.22. The SMILES string of the molecule is COc1ccc(C(=O)Oc2ccc(/C=C(\C#N)C(=O)Nc3c(Cl)cccc3Cl)cc2)cc1. The molecule has 0 unspecified atom stereocenters. The van der Waals surface area contributed by atoms with E-state index in [0.29, 0.717) is 22.6 Å². The number of benzene rings is 3. The first-order chi connectivity index (χ1) is 15.4. The number of hydrogen-bond acceptors (Lipinski definition) is 5. The fourth-order valence-corrected chi connectivity index (χ4v) is 3.13. The van der Waals surface area contributed by atoms with Crippen LogP contribution in [0.5, 0.6) is 11.5 Å². The number of nitrogens with one attached hydrogen (secondary N) is 1. The summed E-state index contributed by atoms with van der Waals surface area (Å²) in [5.74, 6) is -0.234. The molecule has 0 atom stereocenters. The number of methoxy groups -OCH3 is 1. The lowest BCUT2D eigenvalue weighted by Gasteiger charge is -2.08. The van der Waals surface area contributed by atoms with Crippen LogP contribution < -0.4 is 14.8 Å². The van der Waals surface area contributed by atoms with Crippen LogP contribution in [-0.2, 0) is 4.79 Å². The molecular formula is C24H16Cl2N2O4. The van der Waals surface area contributed by atoms with Crippen LogP contribution in [0.2, 0.25) is 10.0 Å². The van der Waals surface area contributed by atoms with E-state index in [-0.39, 0.29) is 21.3 Å². The van der Waals surface area contributed by atoms with Crippen LogP contribution in [0.15, 0.2) is 72.3 Å². The summed E-state index contributed by atoms with van der Waals surface area (Å²) in [6.45, 7) is 0. The first-order valence-electron chi connectivity index (χ1n) is 9.24. The number of carbonyl (C=O) groups excluding carboxylic acids is 2. The van der Waals surface area contributed by atoms with E-state index in [1.165, 1.54) is 13.2 Å². The van der Waals surface area contributed by atoms with Gasteiger partial charge in [-0.2, -0.15) is 5.26 Å². The molecule has 32 heavy (non-hydrogen) atoms. The van der Waals surface area contributed by atoms with Gasteiger partial charge in [-0.3, -0.25) is 4.79 Å². The minimum Gasteiger partial charge on any atom is -0.497 e. The van der Waals surface area contributed by atoms with Crippen molar-refractivity contribution in [2.45, 2.75) is 0 Å². The molecule has 0 radical (unpaired) electrons. The molecule has 3 rings (SSSR count). The Labute approximate surface area is 194 Å². The average Bonchev–Trinajstić information content (AvgIpc) is 2.81. The average molecular weight is 467 g/mol. The molecule has 0 aliphatic heterocycles. The van der Waals surface area contributed by atoms with Gasteiger partial charge < -0.3 is 14.8 Å². The van der Waals surface area contributed by atoms with Gasteiger partial charge in [-0.05, 0) is 60.2 Å². The van der Waals surface area contributed by atoms with Crippen LogP contribution in [0.4, 0.5) is 5.69 Å². The van der Waals surface area contributed by atoms with Gasteiger partial charge in [0.05, 0.1) is 28.4 Å². The Morgan fingerprint density at radius 3 is 2.09 bits per heavy atom. The molecule has 0 aliphatic rings. The summed E-state index contributed by atoms with van der Waals surface area (Å²) < 4.78 is 10.4. The molecular weight excluding hydrogens is 451 g/mol. The fraction of sp³-hybridized carbons (Fsp3) is 0.0417. The summed E-state index contributed by atoms with van der Waals surface area (Å²) in [6.07, 6.45) is 1.40. The standard InChI is InChI=1S/C24H16Cl2N2O4/c1-31-18-11-7-16(8-12-18)24(30)32-19-9-5-15(6-10-19)13-17(14-27)23(29)28-22-20(25)3-2-4-21(22)26/h2-13H,1H3,(H,28,29)/b17-13+. The molecule has 0 bridgehead atoms. The summed E-state index contributed by atoms with van der Waals surface area (Å²) in [5.41, 5.74) is 1.01. The van der Waals surface area contributed by atoms with Crippen molar-refractivity contribution < 1.29 is 19.1 Å². The molecule has 160 valence electrons. The molecule has 0 spiro atoms. The highest BCUT2D eigenvalue weighted by atomic mass is 35.5. The largest absolute Gasteiger partial charge is 0.497 e. The van der Waals surface area contributed by atoms with Crippen molar-refractivity contribution in [2.24, 2.45) is 0 Å². The number of halogens is 2. The summed E-state index contributed by atoms with van der Waals surface area (Å²) in [5, 5.41) is 12.4. The van der Waals surface area contributed by atoms with E-state index >= 15 is 0 Å². The number of anilines is 1. The van der Waals surface area contributed by atoms with Gasteiger partial charge in [-0.1, -0.05) is 41.4 Å². The predicted octanol–water partition coefficient (Wildman–Crippen LogP) is 5.77. The third kappa shape index (κ3) is 5.67. The normalized spacial score (nSPS) is 10.8. The topological polar surface area (TPSA) is 88.4 Å². The molecule has 0 fully saturated rings. The van der Waals surface area contributed by atoms with Gasteiger partial charge in [0.15, 0.2) is 0 Å². The van der Waals surface area contributed by atoms with Crippen LogP contribution in [0.1, 0.15) is 15.9 Å². The van der Waals surface area contributed by atoms with E-state index in [4.69, 9.17) is 32.7 Å². The maximum absolute atomic E-state index is 12.5. The van der Waals surface area contributed by atoms with E-state index < -0.39 is 11.9 Å². The predicted molar refractivity (Wildman–Crippen MR) is 123 cm³/mol. The van der Waals surface area contributed by atoms with Crippen molar-refractivity contribution in [3.8, 4) is 17.6 Å². The van der Waals surface area contributed by atoms with E-state index in [9.17, 15) is 14.9 Å². The summed E-state index contributed by atoms with van der Waals surface area (Å²) in [4.78, 5) is 24.7. The van der Waals surface area contributed by atoms with Crippen LogP contribution >= 0.6 is 23.2 Å². The molecule has 1 N–H and O–H groups in total. The van der Waals surface area contributed by atoms with Gasteiger partial charge in [0.25, 0.3) is 5.91 Å². The second-order valence-electron chi connectivity index (χ2n) is 6.41.